The van der Waals surface area contributed by atoms with Gasteiger partial charge in [-0.2, -0.15) is 5.10 Å². The Morgan fingerprint density at radius 2 is 2.19 bits per heavy atom. The van der Waals surface area contributed by atoms with Crippen molar-refractivity contribution in [3.63, 3.8) is 0 Å². The lowest BCUT2D eigenvalue weighted by Gasteiger charge is -2.12. The Morgan fingerprint density at radius 1 is 1.33 bits per heavy atom. The van der Waals surface area contributed by atoms with Crippen LogP contribution in [0.15, 0.2) is 24.5 Å². The second kappa shape index (κ2) is 7.42. The molecule has 0 fully saturated rings. The third-order valence-corrected chi connectivity index (χ3v) is 3.10. The zero-order valence-electron chi connectivity index (χ0n) is 12.4. The molecule has 0 bridgehead atoms. The van der Waals surface area contributed by atoms with E-state index in [9.17, 15) is 4.79 Å². The molecule has 3 N–H and O–H groups in total. The first kappa shape index (κ1) is 15.0. The van der Waals surface area contributed by atoms with Crippen molar-refractivity contribution in [1.29, 1.82) is 0 Å². The second-order valence-corrected chi connectivity index (χ2v) is 4.91. The molecule has 0 saturated heterocycles. The quantitative estimate of drug-likeness (QED) is 0.726. The highest BCUT2D eigenvalue weighted by atomic mass is 16.1. The minimum absolute atomic E-state index is 0.0724. The van der Waals surface area contributed by atoms with Gasteiger partial charge in [0.15, 0.2) is 0 Å². The fraction of sp³-hybridized carbons (Fsp3) is 0.400. The number of hydrogen-bond acceptors (Lipinski definition) is 4. The van der Waals surface area contributed by atoms with Crippen LogP contribution in [0.4, 0.5) is 5.69 Å². The number of aromatic nitrogens is 3. The van der Waals surface area contributed by atoms with Crippen LogP contribution in [0.3, 0.4) is 0 Å². The van der Waals surface area contributed by atoms with Gasteiger partial charge in [-0.3, -0.25) is 9.89 Å². The average Bonchev–Trinajstić information content (AvgIpc) is 2.99. The van der Waals surface area contributed by atoms with Crippen molar-refractivity contribution >= 4 is 11.6 Å². The van der Waals surface area contributed by atoms with Crippen molar-refractivity contribution in [3.8, 4) is 0 Å². The molecule has 0 aliphatic carbocycles. The van der Waals surface area contributed by atoms with Crippen LogP contribution in [-0.4, -0.2) is 34.2 Å². The Hall–Kier alpha value is -2.37. The maximum Gasteiger partial charge on any atom is 0.253 e. The predicted molar refractivity (Wildman–Crippen MR) is 82.4 cm³/mol. The number of hydrogen-bond donors (Lipinski definition) is 3. The Morgan fingerprint density at radius 3 is 2.90 bits per heavy atom. The first-order valence-corrected chi connectivity index (χ1v) is 7.17. The summed E-state index contributed by atoms with van der Waals surface area (Å²) in [4.78, 5) is 16.3. The van der Waals surface area contributed by atoms with Crippen molar-refractivity contribution < 1.29 is 4.79 Å². The lowest BCUT2D eigenvalue weighted by Crippen LogP contribution is -2.27. The summed E-state index contributed by atoms with van der Waals surface area (Å²) in [6.45, 7) is 5.45. The highest BCUT2D eigenvalue weighted by molar-refractivity contribution is 5.99. The highest BCUT2D eigenvalue weighted by Gasteiger charge is 2.11. The number of nitrogens with one attached hydrogen (secondary N) is 3. The van der Waals surface area contributed by atoms with E-state index in [1.807, 2.05) is 25.1 Å². The summed E-state index contributed by atoms with van der Waals surface area (Å²) in [5.41, 5.74) is 2.62. The van der Waals surface area contributed by atoms with E-state index in [-0.39, 0.29) is 5.91 Å². The van der Waals surface area contributed by atoms with Gasteiger partial charge in [0.25, 0.3) is 5.91 Å². The van der Waals surface area contributed by atoms with Crippen molar-refractivity contribution in [1.82, 2.24) is 20.5 Å². The smallest absolute Gasteiger partial charge is 0.253 e. The number of amides is 1. The number of benzene rings is 1. The summed E-state index contributed by atoms with van der Waals surface area (Å²) in [6, 6.07) is 5.86. The van der Waals surface area contributed by atoms with Gasteiger partial charge in [0.2, 0.25) is 0 Å². The molecule has 0 radical (unpaired) electrons. The van der Waals surface area contributed by atoms with Gasteiger partial charge in [0, 0.05) is 25.2 Å². The lowest BCUT2D eigenvalue weighted by molar-refractivity contribution is 0.0954. The number of H-pyrrole nitrogens is 1. The van der Waals surface area contributed by atoms with Gasteiger partial charge in [-0.05, 0) is 25.5 Å². The van der Waals surface area contributed by atoms with E-state index in [1.165, 1.54) is 6.33 Å². The minimum Gasteiger partial charge on any atom is -0.384 e. The second-order valence-electron chi connectivity index (χ2n) is 4.91. The molecular weight excluding hydrogens is 266 g/mol. The molecule has 1 amide bonds. The largest absolute Gasteiger partial charge is 0.384 e. The van der Waals surface area contributed by atoms with Gasteiger partial charge in [0.05, 0.1) is 5.56 Å². The average molecular weight is 287 g/mol. The number of rotatable bonds is 7. The van der Waals surface area contributed by atoms with Gasteiger partial charge in [-0.1, -0.05) is 18.6 Å². The molecule has 2 aromatic rings. The van der Waals surface area contributed by atoms with E-state index in [0.29, 0.717) is 18.5 Å². The number of carbonyl (C=O) groups excluding carboxylic acids is 1. The number of carbonyl (C=O) groups is 1. The van der Waals surface area contributed by atoms with Gasteiger partial charge in [-0.15, -0.1) is 0 Å². The van der Waals surface area contributed by atoms with E-state index in [4.69, 9.17) is 0 Å². The molecule has 6 nitrogen and oxygen atoms in total. The van der Waals surface area contributed by atoms with Crippen LogP contribution in [0.1, 0.15) is 35.1 Å². The molecule has 0 atom stereocenters. The number of aryl methyl sites for hydroxylation is 1. The Balaban J connectivity index is 1.98. The molecule has 21 heavy (non-hydrogen) atoms. The van der Waals surface area contributed by atoms with Gasteiger partial charge >= 0.3 is 0 Å². The lowest BCUT2D eigenvalue weighted by atomic mass is 10.1. The van der Waals surface area contributed by atoms with E-state index in [1.54, 1.807) is 0 Å². The molecule has 0 aliphatic heterocycles. The van der Waals surface area contributed by atoms with Crippen LogP contribution < -0.4 is 10.6 Å². The van der Waals surface area contributed by atoms with Crippen molar-refractivity contribution in [2.45, 2.75) is 26.7 Å². The normalized spacial score (nSPS) is 10.4. The predicted octanol–water partition coefficient (Wildman–Crippen LogP) is 1.91. The van der Waals surface area contributed by atoms with Crippen molar-refractivity contribution in [2.24, 2.45) is 0 Å². The van der Waals surface area contributed by atoms with Gasteiger partial charge in [0.1, 0.15) is 12.2 Å². The third kappa shape index (κ3) is 4.30. The van der Waals surface area contributed by atoms with Crippen LogP contribution in [0.2, 0.25) is 0 Å². The summed E-state index contributed by atoms with van der Waals surface area (Å²) in [7, 11) is 0. The van der Waals surface area contributed by atoms with E-state index in [2.05, 4.69) is 32.7 Å². The zero-order valence-corrected chi connectivity index (χ0v) is 12.4. The maximum atomic E-state index is 12.3. The molecular formula is C15H21N5O. The number of anilines is 1. The summed E-state index contributed by atoms with van der Waals surface area (Å²) in [5, 5.41) is 12.8. The first-order chi connectivity index (χ1) is 10.2. The number of aromatic amines is 1. The van der Waals surface area contributed by atoms with Crippen LogP contribution in [-0.2, 0) is 6.42 Å². The molecule has 0 saturated carbocycles. The van der Waals surface area contributed by atoms with Gasteiger partial charge < -0.3 is 10.6 Å². The van der Waals surface area contributed by atoms with Crippen LogP contribution in [0.25, 0.3) is 0 Å². The molecule has 1 heterocycles. The summed E-state index contributed by atoms with van der Waals surface area (Å²) in [5.74, 6) is 0.695. The molecule has 6 heteroatoms. The molecule has 0 spiro atoms. The maximum absolute atomic E-state index is 12.3. The van der Waals surface area contributed by atoms with Gasteiger partial charge in [-0.25, -0.2) is 4.98 Å². The van der Waals surface area contributed by atoms with E-state index >= 15 is 0 Å². The summed E-state index contributed by atoms with van der Waals surface area (Å²) >= 11 is 0. The summed E-state index contributed by atoms with van der Waals surface area (Å²) < 4.78 is 0. The van der Waals surface area contributed by atoms with E-state index in [0.717, 1.165) is 30.0 Å². The fourth-order valence-electron chi connectivity index (χ4n) is 2.00. The fourth-order valence-corrected chi connectivity index (χ4v) is 2.00. The standard InChI is InChI=1S/C15H21N5O/c1-3-7-16-13-5-4-11(2)9-12(13)15(21)17-8-6-14-18-10-19-20-14/h4-5,9-10,16H,3,6-8H2,1-2H3,(H,17,21)(H,18,19,20). The van der Waals surface area contributed by atoms with Crippen LogP contribution >= 0.6 is 0 Å². The van der Waals surface area contributed by atoms with E-state index < -0.39 is 0 Å². The minimum atomic E-state index is -0.0724. The molecule has 1 aromatic carbocycles. The molecule has 0 aliphatic rings. The monoisotopic (exact) mass is 287 g/mol. The topological polar surface area (TPSA) is 82.7 Å². The van der Waals surface area contributed by atoms with Crippen molar-refractivity contribution in [2.75, 3.05) is 18.4 Å². The summed E-state index contributed by atoms with van der Waals surface area (Å²) in [6.07, 6.45) is 3.11. The number of nitrogens with zero attached hydrogens (tertiary/aromatic N) is 2. The third-order valence-electron chi connectivity index (χ3n) is 3.10. The highest BCUT2D eigenvalue weighted by Crippen LogP contribution is 2.17. The van der Waals surface area contributed by atoms with Crippen LogP contribution in [0.5, 0.6) is 0 Å². The SMILES string of the molecule is CCCNc1ccc(C)cc1C(=O)NCCc1ncn[nH]1. The Bertz CT molecular complexity index is 580. The molecule has 2 rings (SSSR count). The molecule has 1 aromatic heterocycles. The molecule has 0 unspecified atom stereocenters. The molecule has 112 valence electrons. The first-order valence-electron chi connectivity index (χ1n) is 7.17. The zero-order chi connectivity index (χ0) is 15.1. The Kier molecular flexibility index (Phi) is 5.31. The Labute approximate surface area is 124 Å². The van der Waals surface area contributed by atoms with Crippen molar-refractivity contribution in [3.05, 3.63) is 41.5 Å². The van der Waals surface area contributed by atoms with Crippen LogP contribution in [0, 0.1) is 6.92 Å².